The van der Waals surface area contributed by atoms with Gasteiger partial charge < -0.3 is 9.25 Å². The minimum absolute atomic E-state index is 0.197. The summed E-state index contributed by atoms with van der Waals surface area (Å²) in [6.45, 7) is 1.26. The van der Waals surface area contributed by atoms with Crippen molar-refractivity contribution in [2.75, 3.05) is 0 Å². The fraction of sp³-hybridized carbons (Fsp3) is 0.0714. The molecule has 0 fully saturated rings. The van der Waals surface area contributed by atoms with Gasteiger partial charge in [-0.1, -0.05) is 29.4 Å². The SMILES string of the molecule is CC(=O)O/N=C1/c2ccccc2C(=O)c2occc21. The second kappa shape index (κ2) is 4.20. The predicted molar refractivity (Wildman–Crippen MR) is 66.0 cm³/mol. The summed E-state index contributed by atoms with van der Waals surface area (Å²) in [5.74, 6) is -0.506. The Bertz CT molecular complexity index is 712. The average Bonchev–Trinajstić information content (AvgIpc) is 2.88. The van der Waals surface area contributed by atoms with Gasteiger partial charge in [-0.15, -0.1) is 0 Å². The zero-order valence-corrected chi connectivity index (χ0v) is 10.0. The van der Waals surface area contributed by atoms with Gasteiger partial charge in [0.25, 0.3) is 0 Å². The molecule has 0 bridgehead atoms. The Kier molecular flexibility index (Phi) is 2.52. The second-order valence-corrected chi connectivity index (χ2v) is 4.06. The van der Waals surface area contributed by atoms with Gasteiger partial charge in [0.1, 0.15) is 5.71 Å². The molecule has 2 aromatic rings. The van der Waals surface area contributed by atoms with E-state index in [-0.39, 0.29) is 11.5 Å². The van der Waals surface area contributed by atoms with Gasteiger partial charge in [0, 0.05) is 18.1 Å². The average molecular weight is 255 g/mol. The highest BCUT2D eigenvalue weighted by atomic mass is 16.7. The van der Waals surface area contributed by atoms with Crippen molar-refractivity contribution in [2.45, 2.75) is 6.92 Å². The van der Waals surface area contributed by atoms with Gasteiger partial charge in [-0.05, 0) is 6.07 Å². The van der Waals surface area contributed by atoms with E-state index in [0.717, 1.165) is 0 Å². The molecule has 1 aliphatic rings. The molecule has 5 nitrogen and oxygen atoms in total. The van der Waals surface area contributed by atoms with Gasteiger partial charge >= 0.3 is 5.97 Å². The van der Waals surface area contributed by atoms with E-state index >= 15 is 0 Å². The maximum atomic E-state index is 12.2. The Balaban J connectivity index is 2.22. The zero-order valence-electron chi connectivity index (χ0n) is 10.0. The van der Waals surface area contributed by atoms with E-state index in [1.165, 1.54) is 13.2 Å². The van der Waals surface area contributed by atoms with E-state index in [2.05, 4.69) is 5.16 Å². The summed E-state index contributed by atoms with van der Waals surface area (Å²) in [6, 6.07) is 8.62. The quantitative estimate of drug-likeness (QED) is 0.493. The Morgan fingerprint density at radius 1 is 1.16 bits per heavy atom. The van der Waals surface area contributed by atoms with Gasteiger partial charge in [0.15, 0.2) is 5.76 Å². The number of hydrogen-bond acceptors (Lipinski definition) is 5. The third-order valence-corrected chi connectivity index (χ3v) is 2.82. The Morgan fingerprint density at radius 3 is 2.63 bits per heavy atom. The molecule has 1 heterocycles. The lowest BCUT2D eigenvalue weighted by atomic mass is 9.88. The molecule has 0 radical (unpaired) electrons. The maximum Gasteiger partial charge on any atom is 0.332 e. The van der Waals surface area contributed by atoms with Gasteiger partial charge in [0.2, 0.25) is 5.78 Å². The number of ketones is 1. The third kappa shape index (κ3) is 1.76. The molecular weight excluding hydrogens is 246 g/mol. The smallest absolute Gasteiger partial charge is 0.332 e. The predicted octanol–water partition coefficient (Wildman–Crippen LogP) is 2.14. The highest BCUT2D eigenvalue weighted by Gasteiger charge is 2.31. The monoisotopic (exact) mass is 255 g/mol. The van der Waals surface area contributed by atoms with Crippen LogP contribution in [0.3, 0.4) is 0 Å². The van der Waals surface area contributed by atoms with Crippen LogP contribution in [0.15, 0.2) is 46.2 Å². The molecule has 5 heteroatoms. The molecule has 94 valence electrons. The van der Waals surface area contributed by atoms with E-state index in [0.29, 0.717) is 22.4 Å². The molecule has 0 amide bonds. The number of hydrogen-bond donors (Lipinski definition) is 0. The van der Waals surface area contributed by atoms with Crippen LogP contribution in [-0.2, 0) is 9.63 Å². The van der Waals surface area contributed by atoms with Crippen LogP contribution < -0.4 is 0 Å². The van der Waals surface area contributed by atoms with Crippen LogP contribution in [0.4, 0.5) is 0 Å². The molecular formula is C14H9NO4. The van der Waals surface area contributed by atoms with Crippen molar-refractivity contribution in [3.63, 3.8) is 0 Å². The first kappa shape index (κ1) is 11.4. The van der Waals surface area contributed by atoms with Crippen molar-refractivity contribution in [1.82, 2.24) is 0 Å². The topological polar surface area (TPSA) is 68.9 Å². The Hall–Kier alpha value is -2.69. The lowest BCUT2D eigenvalue weighted by molar-refractivity contribution is -0.140. The highest BCUT2D eigenvalue weighted by Crippen LogP contribution is 2.28. The first-order chi connectivity index (χ1) is 9.18. The first-order valence-corrected chi connectivity index (χ1v) is 5.66. The standard InChI is InChI=1S/C14H9NO4/c1-8(16)19-15-12-9-4-2-3-5-10(9)13(17)14-11(12)6-7-18-14/h2-7H,1H3/b15-12-. The molecule has 1 aromatic heterocycles. The number of nitrogens with zero attached hydrogens (tertiary/aromatic N) is 1. The number of carbonyl (C=O) groups is 2. The number of oxime groups is 1. The fourth-order valence-electron chi connectivity index (χ4n) is 2.03. The second-order valence-electron chi connectivity index (χ2n) is 4.06. The summed E-state index contributed by atoms with van der Waals surface area (Å²) in [5.41, 5.74) is 2.07. The van der Waals surface area contributed by atoms with Gasteiger partial charge in [0.05, 0.1) is 11.8 Å². The van der Waals surface area contributed by atoms with Crippen LogP contribution in [0.25, 0.3) is 0 Å². The van der Waals surface area contributed by atoms with Crippen LogP contribution in [0, 0.1) is 0 Å². The summed E-state index contributed by atoms with van der Waals surface area (Å²) in [4.78, 5) is 27.8. The minimum atomic E-state index is -0.521. The maximum absolute atomic E-state index is 12.2. The van der Waals surface area contributed by atoms with Gasteiger partial charge in [-0.25, -0.2) is 4.79 Å². The molecule has 0 saturated heterocycles. The molecule has 0 unspecified atom stereocenters. The summed E-state index contributed by atoms with van der Waals surface area (Å²) in [6.07, 6.45) is 1.41. The van der Waals surface area contributed by atoms with Crippen LogP contribution in [0.2, 0.25) is 0 Å². The van der Waals surface area contributed by atoms with E-state index in [4.69, 9.17) is 9.25 Å². The molecule has 3 rings (SSSR count). The van der Waals surface area contributed by atoms with Crippen molar-refractivity contribution < 1.29 is 18.8 Å². The van der Waals surface area contributed by atoms with Gasteiger partial charge in [-0.3, -0.25) is 4.79 Å². The van der Waals surface area contributed by atoms with Crippen LogP contribution in [0.1, 0.15) is 34.2 Å². The molecule has 19 heavy (non-hydrogen) atoms. The lowest BCUT2D eigenvalue weighted by Gasteiger charge is -2.15. The van der Waals surface area contributed by atoms with Crippen molar-refractivity contribution in [3.8, 4) is 0 Å². The zero-order chi connectivity index (χ0) is 13.4. The summed E-state index contributed by atoms with van der Waals surface area (Å²) < 4.78 is 5.19. The van der Waals surface area contributed by atoms with Crippen molar-refractivity contribution in [1.29, 1.82) is 0 Å². The normalized spacial score (nSPS) is 15.0. The van der Waals surface area contributed by atoms with Crippen LogP contribution in [0.5, 0.6) is 0 Å². The highest BCUT2D eigenvalue weighted by molar-refractivity contribution is 6.29. The van der Waals surface area contributed by atoms with E-state index in [9.17, 15) is 9.59 Å². The van der Waals surface area contributed by atoms with Crippen LogP contribution in [-0.4, -0.2) is 17.5 Å². The minimum Gasteiger partial charge on any atom is -0.460 e. The lowest BCUT2D eigenvalue weighted by Crippen LogP contribution is -2.20. The number of rotatable bonds is 1. The first-order valence-electron chi connectivity index (χ1n) is 5.66. The molecule has 0 spiro atoms. The van der Waals surface area contributed by atoms with E-state index < -0.39 is 5.97 Å². The van der Waals surface area contributed by atoms with Crippen molar-refractivity contribution >= 4 is 17.5 Å². The Morgan fingerprint density at radius 2 is 1.89 bits per heavy atom. The summed E-state index contributed by atoms with van der Waals surface area (Å²) in [7, 11) is 0. The van der Waals surface area contributed by atoms with Gasteiger partial charge in [-0.2, -0.15) is 0 Å². The van der Waals surface area contributed by atoms with Crippen molar-refractivity contribution in [2.24, 2.45) is 5.16 Å². The molecule has 1 aromatic carbocycles. The number of carbonyl (C=O) groups excluding carboxylic acids is 2. The largest absolute Gasteiger partial charge is 0.460 e. The van der Waals surface area contributed by atoms with E-state index in [1.807, 2.05) is 0 Å². The molecule has 0 N–H and O–H groups in total. The van der Waals surface area contributed by atoms with Crippen LogP contribution >= 0.6 is 0 Å². The summed E-state index contributed by atoms with van der Waals surface area (Å²) in [5, 5.41) is 3.83. The third-order valence-electron chi connectivity index (χ3n) is 2.82. The molecule has 0 atom stereocenters. The van der Waals surface area contributed by atoms with E-state index in [1.54, 1.807) is 30.3 Å². The molecule has 0 saturated carbocycles. The Labute approximate surface area is 108 Å². The molecule has 0 aliphatic heterocycles. The number of furan rings is 1. The number of benzene rings is 1. The number of fused-ring (bicyclic) bond motifs is 2. The van der Waals surface area contributed by atoms with Crippen molar-refractivity contribution in [3.05, 3.63) is 59.0 Å². The summed E-state index contributed by atoms with van der Waals surface area (Å²) >= 11 is 0. The fourth-order valence-corrected chi connectivity index (χ4v) is 2.03. The molecule has 1 aliphatic carbocycles.